The van der Waals surface area contributed by atoms with Crippen molar-refractivity contribution in [2.24, 2.45) is 0 Å². The number of nitrogens with one attached hydrogen (secondary N) is 3. The molecule has 10 nitrogen and oxygen atoms in total. The molecule has 10 heteroatoms. The van der Waals surface area contributed by atoms with Crippen LogP contribution in [0.4, 0.5) is 0 Å². The average molecular weight is 489 g/mol. The van der Waals surface area contributed by atoms with Gasteiger partial charge >= 0.3 is 11.2 Å². The monoisotopic (exact) mass is 488 g/mol. The second-order valence-corrected chi connectivity index (χ2v) is 9.32. The maximum absolute atomic E-state index is 13.4. The molecule has 0 spiro atoms. The van der Waals surface area contributed by atoms with Gasteiger partial charge in [-0.2, -0.15) is 4.68 Å². The number of para-hydroxylation sites is 1. The Morgan fingerprint density at radius 2 is 2.14 bits per heavy atom. The van der Waals surface area contributed by atoms with E-state index in [4.69, 9.17) is 4.42 Å². The summed E-state index contributed by atoms with van der Waals surface area (Å²) >= 11 is 0. The van der Waals surface area contributed by atoms with Crippen LogP contribution in [-0.2, 0) is 6.42 Å². The Morgan fingerprint density at radius 3 is 2.92 bits per heavy atom. The minimum atomic E-state index is -0.564. The number of hydrogen-bond acceptors (Lipinski definition) is 7. The lowest BCUT2D eigenvalue weighted by atomic mass is 9.79. The summed E-state index contributed by atoms with van der Waals surface area (Å²) in [5.74, 6) is 6.08. The number of Topliss-reactive ketones (excluding diaryl/α,β-unsaturated/α-hetero) is 1. The topological polar surface area (TPSA) is 129 Å². The van der Waals surface area contributed by atoms with Crippen molar-refractivity contribution < 1.29 is 9.21 Å². The fourth-order valence-corrected chi connectivity index (χ4v) is 5.29. The number of benzene rings is 1. The van der Waals surface area contributed by atoms with Crippen LogP contribution in [0.15, 0.2) is 44.6 Å². The van der Waals surface area contributed by atoms with Gasteiger partial charge in [0.1, 0.15) is 5.58 Å². The highest BCUT2D eigenvalue weighted by Crippen LogP contribution is 2.34. The Hall–Kier alpha value is -4.10. The maximum atomic E-state index is 13.4. The van der Waals surface area contributed by atoms with Gasteiger partial charge in [-0.1, -0.05) is 24.1 Å². The van der Waals surface area contributed by atoms with E-state index in [9.17, 15) is 14.4 Å². The van der Waals surface area contributed by atoms with Crippen LogP contribution in [0.25, 0.3) is 22.1 Å². The molecule has 5 rings (SSSR count). The summed E-state index contributed by atoms with van der Waals surface area (Å²) in [7, 11) is 0. The zero-order valence-electron chi connectivity index (χ0n) is 20.5. The summed E-state index contributed by atoms with van der Waals surface area (Å²) in [6, 6.07) is 7.15. The van der Waals surface area contributed by atoms with Gasteiger partial charge in [0.15, 0.2) is 22.7 Å². The Bertz CT molecular complexity index is 1630. The second kappa shape index (κ2) is 9.17. The minimum absolute atomic E-state index is 0.177. The molecule has 1 aromatic carbocycles. The first-order valence-corrected chi connectivity index (χ1v) is 12.0. The van der Waals surface area contributed by atoms with Crippen molar-refractivity contribution in [1.82, 2.24) is 24.9 Å². The molecule has 0 aliphatic carbocycles. The SMILES string of the molecule is CC#CCNC1(C)CCCN(n2c(=O)[nH]c3nc[nH]c3c2=O)C1Cc1c(C(C)=O)oc2ccccc12. The van der Waals surface area contributed by atoms with E-state index >= 15 is 0 Å². The highest BCUT2D eigenvalue weighted by molar-refractivity contribution is 5.99. The molecule has 0 radical (unpaired) electrons. The number of carbonyl (C=O) groups excluding carboxylic acids is 1. The number of carbonyl (C=O) groups is 1. The average Bonchev–Trinajstić information content (AvgIpc) is 3.46. The van der Waals surface area contributed by atoms with Crippen molar-refractivity contribution in [3.8, 4) is 11.8 Å². The van der Waals surface area contributed by atoms with Gasteiger partial charge in [-0.25, -0.2) is 9.78 Å². The van der Waals surface area contributed by atoms with E-state index < -0.39 is 16.8 Å². The van der Waals surface area contributed by atoms with Gasteiger partial charge in [0.2, 0.25) is 0 Å². The first-order chi connectivity index (χ1) is 17.3. The summed E-state index contributed by atoms with van der Waals surface area (Å²) in [5.41, 5.74) is 0.265. The van der Waals surface area contributed by atoms with Gasteiger partial charge in [0.05, 0.1) is 18.9 Å². The molecule has 186 valence electrons. The normalized spacial score (nSPS) is 20.0. The third-order valence-corrected chi connectivity index (χ3v) is 7.07. The lowest BCUT2D eigenvalue weighted by molar-refractivity contribution is 0.0987. The van der Waals surface area contributed by atoms with Crippen molar-refractivity contribution in [1.29, 1.82) is 0 Å². The number of imidazole rings is 1. The Morgan fingerprint density at radius 1 is 1.33 bits per heavy atom. The smallest absolute Gasteiger partial charge is 0.349 e. The molecule has 1 fully saturated rings. The van der Waals surface area contributed by atoms with Gasteiger partial charge < -0.3 is 14.4 Å². The van der Waals surface area contributed by atoms with Crippen molar-refractivity contribution in [3.05, 3.63) is 62.8 Å². The number of piperidine rings is 1. The lowest BCUT2D eigenvalue weighted by Crippen LogP contribution is -2.69. The van der Waals surface area contributed by atoms with E-state index in [2.05, 4.69) is 39.0 Å². The summed E-state index contributed by atoms with van der Waals surface area (Å²) in [6.45, 7) is 6.27. The number of ketones is 1. The van der Waals surface area contributed by atoms with Crippen LogP contribution in [0.2, 0.25) is 0 Å². The molecule has 4 aromatic rings. The van der Waals surface area contributed by atoms with Gasteiger partial charge in [-0.05, 0) is 32.8 Å². The van der Waals surface area contributed by atoms with Crippen molar-refractivity contribution in [2.75, 3.05) is 18.1 Å². The number of aromatic amines is 2. The van der Waals surface area contributed by atoms with Gasteiger partial charge in [0.25, 0.3) is 0 Å². The molecular weight excluding hydrogens is 460 g/mol. The quantitative estimate of drug-likeness (QED) is 0.280. The number of hydrogen-bond donors (Lipinski definition) is 3. The fraction of sp³-hybridized carbons (Fsp3) is 0.385. The summed E-state index contributed by atoms with van der Waals surface area (Å²) in [6.07, 6.45) is 3.30. The predicted octanol–water partition coefficient (Wildman–Crippen LogP) is 2.08. The van der Waals surface area contributed by atoms with E-state index in [1.807, 2.05) is 29.3 Å². The highest BCUT2D eigenvalue weighted by Gasteiger charge is 2.43. The van der Waals surface area contributed by atoms with Gasteiger partial charge in [-0.3, -0.25) is 19.9 Å². The van der Waals surface area contributed by atoms with E-state index in [1.54, 1.807) is 6.92 Å². The zero-order valence-corrected chi connectivity index (χ0v) is 20.5. The van der Waals surface area contributed by atoms with Crippen molar-refractivity contribution >= 4 is 27.9 Å². The Balaban J connectivity index is 1.68. The number of furan rings is 1. The fourth-order valence-electron chi connectivity index (χ4n) is 5.29. The van der Waals surface area contributed by atoms with Crippen LogP contribution >= 0.6 is 0 Å². The molecule has 4 heterocycles. The lowest BCUT2D eigenvalue weighted by Gasteiger charge is -2.49. The third-order valence-electron chi connectivity index (χ3n) is 7.07. The third kappa shape index (κ3) is 3.91. The number of H-pyrrole nitrogens is 2. The highest BCUT2D eigenvalue weighted by atomic mass is 16.3. The van der Waals surface area contributed by atoms with E-state index in [-0.39, 0.29) is 23.0 Å². The molecule has 1 aliphatic rings. The van der Waals surface area contributed by atoms with E-state index in [1.165, 1.54) is 13.3 Å². The maximum Gasteiger partial charge on any atom is 0.349 e. The second-order valence-electron chi connectivity index (χ2n) is 9.32. The predicted molar refractivity (Wildman–Crippen MR) is 137 cm³/mol. The molecule has 0 amide bonds. The number of nitrogens with zero attached hydrogens (tertiary/aromatic N) is 3. The van der Waals surface area contributed by atoms with Crippen LogP contribution < -0.4 is 21.6 Å². The Labute approximate surface area is 206 Å². The molecule has 36 heavy (non-hydrogen) atoms. The first-order valence-electron chi connectivity index (χ1n) is 12.0. The van der Waals surface area contributed by atoms with E-state index in [0.29, 0.717) is 30.9 Å². The molecule has 0 bridgehead atoms. The van der Waals surface area contributed by atoms with Crippen molar-refractivity contribution in [2.45, 2.75) is 51.6 Å². The van der Waals surface area contributed by atoms with Crippen LogP contribution in [0.3, 0.4) is 0 Å². The van der Waals surface area contributed by atoms with Crippen LogP contribution in [0, 0.1) is 11.8 Å². The number of aromatic nitrogens is 4. The summed E-state index contributed by atoms with van der Waals surface area (Å²) in [4.78, 5) is 48.7. The van der Waals surface area contributed by atoms with Crippen LogP contribution in [0.1, 0.15) is 49.7 Å². The summed E-state index contributed by atoms with van der Waals surface area (Å²) < 4.78 is 7.10. The molecule has 1 aliphatic heterocycles. The minimum Gasteiger partial charge on any atom is -0.453 e. The molecule has 3 aromatic heterocycles. The van der Waals surface area contributed by atoms with Crippen LogP contribution in [-0.4, -0.2) is 50.1 Å². The van der Waals surface area contributed by atoms with Crippen LogP contribution in [0.5, 0.6) is 0 Å². The molecule has 0 saturated carbocycles. The molecule has 1 saturated heterocycles. The standard InChI is InChI=1S/C26H28N6O4/c1-4-5-12-29-26(3)11-8-13-31(32-24(34)21-23(28-15-27-21)30-25(32)35)20(26)14-18-17-9-6-7-10-19(17)36-22(18)16(2)33/h6-7,9-10,15,20,29H,8,11-14H2,1-3H3,(H,27,28)(H,30,35). The van der Waals surface area contributed by atoms with Gasteiger partial charge in [0, 0.05) is 36.4 Å². The molecule has 2 atom stereocenters. The van der Waals surface area contributed by atoms with Gasteiger partial charge in [-0.15, -0.1) is 5.92 Å². The molecule has 3 N–H and O–H groups in total. The summed E-state index contributed by atoms with van der Waals surface area (Å²) in [5, 5.41) is 6.20. The zero-order chi connectivity index (χ0) is 25.4. The van der Waals surface area contributed by atoms with E-state index in [0.717, 1.165) is 28.5 Å². The first kappa shape index (κ1) is 23.6. The largest absolute Gasteiger partial charge is 0.453 e. The molecule has 2 unspecified atom stereocenters. The van der Waals surface area contributed by atoms with Crippen molar-refractivity contribution in [3.63, 3.8) is 0 Å². The number of rotatable bonds is 6. The molecular formula is C26H28N6O4. The Kier molecular flexibility index (Phi) is 6.02. The number of fused-ring (bicyclic) bond motifs is 2.